The van der Waals surface area contributed by atoms with Gasteiger partial charge in [0, 0.05) is 12.4 Å². The quantitative estimate of drug-likeness (QED) is 0.631. The van der Waals surface area contributed by atoms with E-state index < -0.39 is 0 Å². The topological polar surface area (TPSA) is 81.2 Å². The van der Waals surface area contributed by atoms with Crippen LogP contribution in [0.4, 0.5) is 0 Å². The summed E-state index contributed by atoms with van der Waals surface area (Å²) in [6.07, 6.45) is 16.8. The van der Waals surface area contributed by atoms with E-state index in [-0.39, 0.29) is 12.3 Å². The van der Waals surface area contributed by atoms with Gasteiger partial charge < -0.3 is 0 Å². The van der Waals surface area contributed by atoms with E-state index in [0.29, 0.717) is 10.8 Å². The first kappa shape index (κ1) is 24.9. The van der Waals surface area contributed by atoms with Gasteiger partial charge in [-0.25, -0.2) is 0 Å². The van der Waals surface area contributed by atoms with Crippen LogP contribution in [0.3, 0.4) is 0 Å². The highest BCUT2D eigenvalue weighted by Crippen LogP contribution is 2.66. The minimum Gasteiger partial charge on any atom is -0.264 e. The van der Waals surface area contributed by atoms with Crippen molar-refractivity contribution in [3.8, 4) is 0 Å². The molecule has 31 heavy (non-hydrogen) atoms. The summed E-state index contributed by atoms with van der Waals surface area (Å²) in [4.78, 5) is 36.9. The maximum atomic E-state index is 8.12. The van der Waals surface area contributed by atoms with Crippen molar-refractivity contribution in [2.75, 3.05) is 0 Å². The van der Waals surface area contributed by atoms with Gasteiger partial charge in [0.25, 0.3) is 0 Å². The SMILES string of the molecule is CC[C@@H]1CC[C@@H]2[C@H](CC[C@]3(C)C(c4cccnc4)=CC[C@@H]23)[C@@]1(C)CC.O=C=O.O=C=O. The zero-order valence-corrected chi connectivity index (χ0v) is 19.2. The van der Waals surface area contributed by atoms with Gasteiger partial charge in [-0.3, -0.25) is 4.98 Å². The van der Waals surface area contributed by atoms with Crippen LogP contribution >= 0.6 is 0 Å². The summed E-state index contributed by atoms with van der Waals surface area (Å²) >= 11 is 0. The maximum absolute atomic E-state index is 8.12. The smallest absolute Gasteiger partial charge is 0.264 e. The van der Waals surface area contributed by atoms with Crippen LogP contribution in [-0.4, -0.2) is 17.3 Å². The average Bonchev–Trinajstić information content (AvgIpc) is 3.13. The maximum Gasteiger partial charge on any atom is 0.373 e. The lowest BCUT2D eigenvalue weighted by molar-refractivity contribution is -0.193. The normalized spacial score (nSPS) is 35.4. The molecule has 0 bridgehead atoms. The molecule has 1 aromatic rings. The molecule has 3 aliphatic carbocycles. The molecule has 0 aromatic carbocycles. The number of nitrogens with zero attached hydrogens (tertiary/aromatic N) is 1. The molecule has 1 heterocycles. The minimum absolute atomic E-state index is 0.250. The van der Waals surface area contributed by atoms with Gasteiger partial charge in [-0.15, -0.1) is 0 Å². The summed E-state index contributed by atoms with van der Waals surface area (Å²) in [6, 6.07) is 4.36. The summed E-state index contributed by atoms with van der Waals surface area (Å²) in [5.74, 6) is 3.66. The fraction of sp³-hybridized carbons (Fsp3) is 0.654. The molecule has 3 aliphatic rings. The van der Waals surface area contributed by atoms with Crippen molar-refractivity contribution >= 4 is 17.9 Å². The first-order chi connectivity index (χ1) is 14.9. The van der Waals surface area contributed by atoms with Crippen LogP contribution in [0.15, 0.2) is 30.6 Å². The van der Waals surface area contributed by atoms with Crippen LogP contribution in [0.5, 0.6) is 0 Å². The molecule has 0 aliphatic heterocycles. The molecule has 6 atom stereocenters. The first-order valence-electron chi connectivity index (χ1n) is 11.5. The highest BCUT2D eigenvalue weighted by atomic mass is 16.2. The van der Waals surface area contributed by atoms with Crippen molar-refractivity contribution in [2.24, 2.45) is 34.5 Å². The molecule has 0 amide bonds. The Morgan fingerprint density at radius 1 is 1.03 bits per heavy atom. The van der Waals surface area contributed by atoms with Crippen molar-refractivity contribution < 1.29 is 19.2 Å². The Balaban J connectivity index is 0.000000513. The highest BCUT2D eigenvalue weighted by molar-refractivity contribution is 5.72. The second-order valence-electron chi connectivity index (χ2n) is 9.64. The molecule has 2 fully saturated rings. The Bertz CT molecular complexity index is 811. The number of hydrogen-bond acceptors (Lipinski definition) is 5. The van der Waals surface area contributed by atoms with Gasteiger partial charge in [0.15, 0.2) is 0 Å². The van der Waals surface area contributed by atoms with E-state index in [4.69, 9.17) is 19.2 Å². The van der Waals surface area contributed by atoms with E-state index in [1.54, 1.807) is 5.57 Å². The molecule has 5 nitrogen and oxygen atoms in total. The van der Waals surface area contributed by atoms with E-state index in [0.717, 1.165) is 23.7 Å². The largest absolute Gasteiger partial charge is 0.373 e. The zero-order chi connectivity index (χ0) is 23.1. The van der Waals surface area contributed by atoms with Crippen molar-refractivity contribution in [1.29, 1.82) is 0 Å². The van der Waals surface area contributed by atoms with Gasteiger partial charge in [-0.1, -0.05) is 52.7 Å². The third-order valence-electron chi connectivity index (χ3n) is 8.87. The Hall–Kier alpha value is -2.35. The fourth-order valence-corrected chi connectivity index (χ4v) is 7.29. The highest BCUT2D eigenvalue weighted by Gasteiger charge is 2.56. The summed E-state index contributed by atoms with van der Waals surface area (Å²) in [5, 5.41) is 0. The molecule has 0 radical (unpaired) electrons. The predicted molar refractivity (Wildman–Crippen MR) is 116 cm³/mol. The first-order valence-corrected chi connectivity index (χ1v) is 11.5. The average molecular weight is 426 g/mol. The van der Waals surface area contributed by atoms with E-state index in [2.05, 4.69) is 57.1 Å². The van der Waals surface area contributed by atoms with Crippen molar-refractivity contribution in [2.45, 2.75) is 72.6 Å². The van der Waals surface area contributed by atoms with E-state index in [9.17, 15) is 0 Å². The fourth-order valence-electron chi connectivity index (χ4n) is 7.29. The molecule has 1 aromatic heterocycles. The van der Waals surface area contributed by atoms with Gasteiger partial charge in [0.05, 0.1) is 0 Å². The molecule has 5 heteroatoms. The number of rotatable bonds is 3. The van der Waals surface area contributed by atoms with E-state index in [1.165, 1.54) is 50.5 Å². The standard InChI is InChI=1S/C24H35N.2CO2/c1-5-18-9-10-19-21-12-11-20(17-8-7-15-25-16-17)24(21,4)14-13-22(19)23(18,3)6-2;2*2-1-3/h7-8,11,15-16,18-19,21-22H,5-6,9-10,12-14H2,1-4H3;;/t18-,19+,21+,22+,23+,24-;;/m1../s1. The van der Waals surface area contributed by atoms with Crippen molar-refractivity contribution in [1.82, 2.24) is 4.98 Å². The van der Waals surface area contributed by atoms with Crippen LogP contribution < -0.4 is 0 Å². The Morgan fingerprint density at radius 2 is 1.71 bits per heavy atom. The van der Waals surface area contributed by atoms with Crippen LogP contribution in [0.1, 0.15) is 78.2 Å². The number of pyridine rings is 1. The lowest BCUT2D eigenvalue weighted by Crippen LogP contribution is -2.51. The van der Waals surface area contributed by atoms with Gasteiger partial charge in [-0.2, -0.15) is 19.2 Å². The monoisotopic (exact) mass is 425 g/mol. The van der Waals surface area contributed by atoms with Gasteiger partial charge in [-0.05, 0) is 83.8 Å². The summed E-state index contributed by atoms with van der Waals surface area (Å²) in [7, 11) is 0. The molecular weight excluding hydrogens is 390 g/mol. The number of hydrogen-bond donors (Lipinski definition) is 0. The second kappa shape index (κ2) is 10.8. The number of fused-ring (bicyclic) bond motifs is 3. The predicted octanol–water partition coefficient (Wildman–Crippen LogP) is 5.59. The molecule has 4 rings (SSSR count). The molecule has 2 saturated carbocycles. The Morgan fingerprint density at radius 3 is 2.26 bits per heavy atom. The van der Waals surface area contributed by atoms with Gasteiger partial charge >= 0.3 is 12.3 Å². The van der Waals surface area contributed by atoms with Gasteiger partial charge in [0.1, 0.15) is 0 Å². The van der Waals surface area contributed by atoms with Crippen molar-refractivity contribution in [3.63, 3.8) is 0 Å². The van der Waals surface area contributed by atoms with Crippen LogP contribution in [-0.2, 0) is 19.2 Å². The van der Waals surface area contributed by atoms with E-state index in [1.807, 2.05) is 6.20 Å². The zero-order valence-electron chi connectivity index (χ0n) is 19.2. The van der Waals surface area contributed by atoms with Gasteiger partial charge in [0.2, 0.25) is 0 Å². The Kier molecular flexibility index (Phi) is 8.68. The second-order valence-corrected chi connectivity index (χ2v) is 9.64. The third-order valence-corrected chi connectivity index (χ3v) is 8.87. The minimum atomic E-state index is 0.250. The van der Waals surface area contributed by atoms with Crippen LogP contribution in [0, 0.1) is 34.5 Å². The van der Waals surface area contributed by atoms with Crippen molar-refractivity contribution in [3.05, 3.63) is 36.2 Å². The molecular formula is C26H35NO4. The summed E-state index contributed by atoms with van der Waals surface area (Å²) in [6.45, 7) is 10.1. The van der Waals surface area contributed by atoms with Crippen LogP contribution in [0.25, 0.3) is 5.57 Å². The lowest BCUT2D eigenvalue weighted by atomic mass is 9.46. The lowest BCUT2D eigenvalue weighted by Gasteiger charge is -2.59. The number of carbonyl (C=O) groups excluding carboxylic acids is 4. The summed E-state index contributed by atoms with van der Waals surface area (Å²) in [5.41, 5.74) is 3.90. The molecule has 168 valence electrons. The number of aromatic nitrogens is 1. The Labute approximate surface area is 185 Å². The molecule has 0 saturated heterocycles. The number of allylic oxidation sites excluding steroid dienone is 2. The van der Waals surface area contributed by atoms with Crippen LogP contribution in [0.2, 0.25) is 0 Å². The van der Waals surface area contributed by atoms with E-state index >= 15 is 0 Å². The summed E-state index contributed by atoms with van der Waals surface area (Å²) < 4.78 is 0. The molecule has 0 N–H and O–H groups in total. The third kappa shape index (κ3) is 4.63. The molecule has 0 spiro atoms. The molecule has 0 unspecified atom stereocenters.